The van der Waals surface area contributed by atoms with E-state index in [2.05, 4.69) is 27.5 Å². The Hall–Kier alpha value is -3.91. The van der Waals surface area contributed by atoms with Gasteiger partial charge in [0.25, 0.3) is 11.8 Å². The number of amides is 2. The lowest BCUT2D eigenvalue weighted by molar-refractivity contribution is 0.101. The predicted octanol–water partition coefficient (Wildman–Crippen LogP) is 4.48. The minimum Gasteiger partial charge on any atom is -0.497 e. The van der Waals surface area contributed by atoms with E-state index in [-0.39, 0.29) is 11.4 Å². The van der Waals surface area contributed by atoms with Gasteiger partial charge in [-0.15, -0.1) is 0 Å². The average molecular weight is 477 g/mol. The molecular formula is C27H29FN4O3. The number of methoxy groups -OCH3 is 1. The lowest BCUT2D eigenvalue weighted by Gasteiger charge is -2.23. The molecule has 2 amide bonds. The summed E-state index contributed by atoms with van der Waals surface area (Å²) in [7, 11) is 3.66. The monoisotopic (exact) mass is 476 g/mol. The fourth-order valence-corrected chi connectivity index (χ4v) is 4.01. The number of rotatable bonds is 6. The van der Waals surface area contributed by atoms with E-state index in [1.165, 1.54) is 19.2 Å². The third-order valence-electron chi connectivity index (χ3n) is 6.07. The normalized spacial score (nSPS) is 14.2. The third kappa shape index (κ3) is 5.96. The molecule has 1 fully saturated rings. The quantitative estimate of drug-likeness (QED) is 0.549. The Morgan fingerprint density at radius 2 is 1.49 bits per heavy atom. The number of anilines is 3. The van der Waals surface area contributed by atoms with Gasteiger partial charge in [-0.05, 0) is 80.7 Å². The molecule has 0 radical (unpaired) electrons. The smallest absolute Gasteiger partial charge is 0.255 e. The van der Waals surface area contributed by atoms with Crippen LogP contribution < -0.4 is 20.3 Å². The summed E-state index contributed by atoms with van der Waals surface area (Å²) < 4.78 is 19.8. The van der Waals surface area contributed by atoms with E-state index in [9.17, 15) is 14.0 Å². The van der Waals surface area contributed by atoms with E-state index in [1.54, 1.807) is 42.5 Å². The molecule has 0 spiro atoms. The molecule has 3 aromatic rings. The first-order chi connectivity index (χ1) is 16.9. The number of likely N-dealkylation sites (N-methyl/N-ethyl adjacent to an activating group) is 1. The average Bonchev–Trinajstić information content (AvgIpc) is 3.10. The van der Waals surface area contributed by atoms with E-state index >= 15 is 0 Å². The van der Waals surface area contributed by atoms with E-state index in [0.29, 0.717) is 16.9 Å². The number of halogens is 1. The largest absolute Gasteiger partial charge is 0.497 e. The highest BCUT2D eigenvalue weighted by atomic mass is 19.1. The van der Waals surface area contributed by atoms with E-state index in [4.69, 9.17) is 4.74 Å². The van der Waals surface area contributed by atoms with Crippen LogP contribution in [-0.2, 0) is 0 Å². The van der Waals surface area contributed by atoms with Crippen LogP contribution in [0.3, 0.4) is 0 Å². The molecule has 0 atom stereocenters. The molecule has 4 rings (SSSR count). The lowest BCUT2D eigenvalue weighted by atomic mass is 10.1. The first-order valence-corrected chi connectivity index (χ1v) is 11.5. The van der Waals surface area contributed by atoms with Crippen molar-refractivity contribution in [2.24, 2.45) is 0 Å². The number of nitrogens with one attached hydrogen (secondary N) is 2. The number of hydrogen-bond acceptors (Lipinski definition) is 5. The van der Waals surface area contributed by atoms with Gasteiger partial charge in [0.1, 0.15) is 17.3 Å². The SMILES string of the molecule is COc1ccc(C(=O)Nc2cccc(F)c2NC(=O)c2ccc(N3CCCN(C)CC3)cc2)cc1. The van der Waals surface area contributed by atoms with Gasteiger partial charge in [0.2, 0.25) is 0 Å². The highest BCUT2D eigenvalue weighted by molar-refractivity contribution is 6.10. The van der Waals surface area contributed by atoms with Gasteiger partial charge in [-0.2, -0.15) is 0 Å². The topological polar surface area (TPSA) is 73.9 Å². The molecule has 1 aliphatic rings. The molecule has 0 aromatic heterocycles. The fraction of sp³-hybridized carbons (Fsp3) is 0.259. The van der Waals surface area contributed by atoms with Crippen molar-refractivity contribution in [1.29, 1.82) is 0 Å². The molecule has 2 N–H and O–H groups in total. The first-order valence-electron chi connectivity index (χ1n) is 11.5. The first kappa shape index (κ1) is 24.2. The number of carbonyl (C=O) groups is 2. The molecule has 7 nitrogen and oxygen atoms in total. The second-order valence-electron chi connectivity index (χ2n) is 8.49. The Morgan fingerprint density at radius 3 is 2.17 bits per heavy atom. The summed E-state index contributed by atoms with van der Waals surface area (Å²) in [6.45, 7) is 3.94. The van der Waals surface area contributed by atoms with Crippen molar-refractivity contribution in [2.45, 2.75) is 6.42 Å². The second kappa shape index (κ2) is 11.0. The minimum absolute atomic E-state index is 0.0843. The van der Waals surface area contributed by atoms with Gasteiger partial charge in [0, 0.05) is 36.4 Å². The summed E-state index contributed by atoms with van der Waals surface area (Å²) >= 11 is 0. The van der Waals surface area contributed by atoms with Crippen molar-refractivity contribution in [3.05, 3.63) is 83.7 Å². The highest BCUT2D eigenvalue weighted by Gasteiger charge is 2.17. The molecule has 0 bridgehead atoms. The lowest BCUT2D eigenvalue weighted by Crippen LogP contribution is -2.28. The second-order valence-corrected chi connectivity index (χ2v) is 8.49. The molecule has 1 heterocycles. The summed E-state index contributed by atoms with van der Waals surface area (Å²) in [5, 5.41) is 5.29. The molecule has 0 saturated carbocycles. The van der Waals surface area contributed by atoms with Gasteiger partial charge in [-0.1, -0.05) is 6.07 Å². The molecular weight excluding hydrogens is 447 g/mol. The summed E-state index contributed by atoms with van der Waals surface area (Å²) in [6.07, 6.45) is 1.08. The summed E-state index contributed by atoms with van der Waals surface area (Å²) in [4.78, 5) is 30.2. The van der Waals surface area contributed by atoms with E-state index in [1.807, 2.05) is 12.1 Å². The van der Waals surface area contributed by atoms with Gasteiger partial charge in [-0.25, -0.2) is 4.39 Å². The third-order valence-corrected chi connectivity index (χ3v) is 6.07. The standard InChI is InChI=1S/C27H29FN4O3/c1-31-15-4-16-32(18-17-31)21-11-7-19(8-12-21)27(34)30-25-23(28)5-3-6-24(25)29-26(33)20-9-13-22(35-2)14-10-20/h3,5-14H,4,15-18H2,1-2H3,(H,29,33)(H,30,34). The highest BCUT2D eigenvalue weighted by Crippen LogP contribution is 2.27. The Labute approximate surface area is 204 Å². The molecule has 35 heavy (non-hydrogen) atoms. The number of para-hydroxylation sites is 1. The molecule has 1 saturated heterocycles. The maximum absolute atomic E-state index is 14.7. The molecule has 8 heteroatoms. The fourth-order valence-electron chi connectivity index (χ4n) is 4.01. The van der Waals surface area contributed by atoms with Gasteiger partial charge in [0.05, 0.1) is 12.8 Å². The Bertz CT molecular complexity index is 1180. The zero-order valence-electron chi connectivity index (χ0n) is 19.9. The zero-order chi connectivity index (χ0) is 24.8. The Morgan fingerprint density at radius 1 is 0.829 bits per heavy atom. The number of hydrogen-bond donors (Lipinski definition) is 2. The Kier molecular flexibility index (Phi) is 7.62. The molecule has 0 aliphatic carbocycles. The summed E-state index contributed by atoms with van der Waals surface area (Å²) in [5.41, 5.74) is 1.91. The van der Waals surface area contributed by atoms with Crippen LogP contribution in [0.5, 0.6) is 5.75 Å². The van der Waals surface area contributed by atoms with Crippen molar-refractivity contribution < 1.29 is 18.7 Å². The van der Waals surface area contributed by atoms with Crippen LogP contribution in [-0.4, -0.2) is 57.1 Å². The molecule has 182 valence electrons. The van der Waals surface area contributed by atoms with Crippen LogP contribution in [0.25, 0.3) is 0 Å². The predicted molar refractivity (Wildman–Crippen MR) is 136 cm³/mol. The van der Waals surface area contributed by atoms with E-state index in [0.717, 1.165) is 38.3 Å². The van der Waals surface area contributed by atoms with Crippen LogP contribution in [0.4, 0.5) is 21.5 Å². The van der Waals surface area contributed by atoms with Gasteiger partial charge in [-0.3, -0.25) is 9.59 Å². The van der Waals surface area contributed by atoms with Crippen molar-refractivity contribution in [3.63, 3.8) is 0 Å². The van der Waals surface area contributed by atoms with Crippen molar-refractivity contribution in [1.82, 2.24) is 4.90 Å². The number of benzene rings is 3. The van der Waals surface area contributed by atoms with Gasteiger partial charge in [0.15, 0.2) is 0 Å². The molecule has 1 aliphatic heterocycles. The molecule has 0 unspecified atom stereocenters. The van der Waals surface area contributed by atoms with Crippen molar-refractivity contribution in [2.75, 3.05) is 55.9 Å². The van der Waals surface area contributed by atoms with Crippen LogP contribution in [0, 0.1) is 5.82 Å². The number of carbonyl (C=O) groups excluding carboxylic acids is 2. The van der Waals surface area contributed by atoms with E-state index < -0.39 is 17.6 Å². The molecule has 3 aromatic carbocycles. The van der Waals surface area contributed by atoms with Gasteiger partial charge < -0.3 is 25.2 Å². The van der Waals surface area contributed by atoms with Crippen LogP contribution in [0.15, 0.2) is 66.7 Å². The minimum atomic E-state index is -0.642. The Balaban J connectivity index is 1.46. The number of nitrogens with zero attached hydrogens (tertiary/aromatic N) is 2. The van der Waals surface area contributed by atoms with Crippen LogP contribution >= 0.6 is 0 Å². The van der Waals surface area contributed by atoms with Crippen molar-refractivity contribution in [3.8, 4) is 5.75 Å². The van der Waals surface area contributed by atoms with Gasteiger partial charge >= 0.3 is 0 Å². The number of ether oxygens (including phenoxy) is 1. The summed E-state index contributed by atoms with van der Waals surface area (Å²) in [6, 6.07) is 18.1. The van der Waals surface area contributed by atoms with Crippen LogP contribution in [0.1, 0.15) is 27.1 Å². The maximum Gasteiger partial charge on any atom is 0.255 e. The van der Waals surface area contributed by atoms with Crippen molar-refractivity contribution >= 4 is 28.9 Å². The zero-order valence-corrected chi connectivity index (χ0v) is 19.9. The maximum atomic E-state index is 14.7. The summed E-state index contributed by atoms with van der Waals surface area (Å²) in [5.74, 6) is -0.913. The van der Waals surface area contributed by atoms with Crippen LogP contribution in [0.2, 0.25) is 0 Å².